The van der Waals surface area contributed by atoms with E-state index in [9.17, 15) is 5.26 Å². The van der Waals surface area contributed by atoms with Crippen LogP contribution in [-0.2, 0) is 6.42 Å². The fourth-order valence-corrected chi connectivity index (χ4v) is 3.90. The molecule has 4 rings (SSSR count). The number of fused-ring (bicyclic) bond motifs is 1. The Morgan fingerprint density at radius 3 is 2.74 bits per heavy atom. The average molecular weight is 361 g/mol. The predicted molar refractivity (Wildman–Crippen MR) is 106 cm³/mol. The molecule has 0 atom stereocenters. The monoisotopic (exact) mass is 361 g/mol. The van der Waals surface area contributed by atoms with Crippen LogP contribution in [0.1, 0.15) is 36.4 Å². The zero-order chi connectivity index (χ0) is 18.5. The van der Waals surface area contributed by atoms with Crippen LogP contribution in [0.3, 0.4) is 0 Å². The van der Waals surface area contributed by atoms with Crippen molar-refractivity contribution in [2.45, 2.75) is 25.7 Å². The van der Waals surface area contributed by atoms with Gasteiger partial charge in [0.05, 0.1) is 32.6 Å². The van der Waals surface area contributed by atoms with Gasteiger partial charge in [0.15, 0.2) is 0 Å². The van der Waals surface area contributed by atoms with Crippen molar-refractivity contribution >= 4 is 16.7 Å². The lowest BCUT2D eigenvalue weighted by molar-refractivity contribution is -0.903. The fraction of sp³-hybridized carbons (Fsp3) is 0.364. The quantitative estimate of drug-likeness (QED) is 0.708. The fourth-order valence-electron chi connectivity index (χ4n) is 3.90. The summed E-state index contributed by atoms with van der Waals surface area (Å²) in [6.45, 7) is 4.34. The largest absolute Gasteiger partial charge is 0.423 e. The first kappa shape index (κ1) is 17.6. The topological polar surface area (TPSA) is 66.3 Å². The number of benzene rings is 2. The first-order chi connectivity index (χ1) is 13.3. The van der Waals surface area contributed by atoms with Crippen LogP contribution in [0.2, 0.25) is 0 Å². The summed E-state index contributed by atoms with van der Waals surface area (Å²) in [6.07, 6.45) is 4.57. The van der Waals surface area contributed by atoms with E-state index in [1.807, 2.05) is 18.2 Å². The number of likely N-dealkylation sites (tertiary alicyclic amines) is 1. The lowest BCUT2D eigenvalue weighted by Gasteiger charge is -2.23. The maximum absolute atomic E-state index is 9.40. The van der Waals surface area contributed by atoms with Gasteiger partial charge in [-0.2, -0.15) is 5.26 Å². The highest BCUT2D eigenvalue weighted by Gasteiger charge is 2.16. The number of anilines is 1. The minimum atomic E-state index is 0.346. The first-order valence-electron chi connectivity index (χ1n) is 9.77. The molecule has 0 amide bonds. The zero-order valence-electron chi connectivity index (χ0n) is 15.5. The molecule has 0 radical (unpaired) electrons. The van der Waals surface area contributed by atoms with Crippen LogP contribution in [0.25, 0.3) is 10.8 Å². The van der Waals surface area contributed by atoms with Crippen LogP contribution in [-0.4, -0.2) is 31.2 Å². The smallest absolute Gasteiger partial charge is 0.232 e. The molecule has 5 heteroatoms. The molecule has 0 aliphatic carbocycles. The molecule has 5 nitrogen and oxygen atoms in total. The number of hydrogen-bond acceptors (Lipinski definition) is 4. The van der Waals surface area contributed by atoms with Crippen LogP contribution in [0.5, 0.6) is 0 Å². The SMILES string of the molecule is N#Cc1nc(Cc2cccc3ccccc23)oc1NCC[NH+]1CCCCC1. The number of nitrogens with zero attached hydrogens (tertiary/aromatic N) is 2. The van der Waals surface area contributed by atoms with Crippen molar-refractivity contribution in [3.63, 3.8) is 0 Å². The van der Waals surface area contributed by atoms with Crippen LogP contribution in [0.15, 0.2) is 46.9 Å². The number of hydrogen-bond donors (Lipinski definition) is 2. The van der Waals surface area contributed by atoms with Crippen molar-refractivity contribution in [2.75, 3.05) is 31.5 Å². The second-order valence-electron chi connectivity index (χ2n) is 7.20. The van der Waals surface area contributed by atoms with Crippen molar-refractivity contribution in [1.29, 1.82) is 5.26 Å². The molecule has 1 aromatic heterocycles. The number of nitriles is 1. The Bertz CT molecular complexity index is 945. The minimum Gasteiger partial charge on any atom is -0.423 e. The average Bonchev–Trinajstić information content (AvgIpc) is 3.11. The van der Waals surface area contributed by atoms with Gasteiger partial charge in [-0.05, 0) is 35.6 Å². The first-order valence-corrected chi connectivity index (χ1v) is 9.77. The molecule has 2 aromatic carbocycles. The molecule has 3 aromatic rings. The third kappa shape index (κ3) is 4.12. The molecule has 0 bridgehead atoms. The molecular weight excluding hydrogens is 336 g/mol. The Kier molecular flexibility index (Phi) is 5.36. The Labute approximate surface area is 159 Å². The number of oxazole rings is 1. The second kappa shape index (κ2) is 8.24. The van der Waals surface area contributed by atoms with E-state index in [1.165, 1.54) is 43.1 Å². The zero-order valence-corrected chi connectivity index (χ0v) is 15.5. The van der Waals surface area contributed by atoms with E-state index in [0.29, 0.717) is 23.9 Å². The predicted octanol–water partition coefficient (Wildman–Crippen LogP) is 2.77. The summed E-state index contributed by atoms with van der Waals surface area (Å²) >= 11 is 0. The van der Waals surface area contributed by atoms with Gasteiger partial charge in [0.25, 0.3) is 0 Å². The highest BCUT2D eigenvalue weighted by Crippen LogP contribution is 2.23. The van der Waals surface area contributed by atoms with Crippen molar-refractivity contribution in [2.24, 2.45) is 0 Å². The van der Waals surface area contributed by atoms with Crippen LogP contribution < -0.4 is 10.2 Å². The lowest BCUT2D eigenvalue weighted by atomic mass is 10.0. The van der Waals surface area contributed by atoms with E-state index >= 15 is 0 Å². The Balaban J connectivity index is 1.45. The van der Waals surface area contributed by atoms with Gasteiger partial charge in [0.1, 0.15) is 6.07 Å². The molecule has 0 saturated carbocycles. The molecule has 0 unspecified atom stereocenters. The van der Waals surface area contributed by atoms with Gasteiger partial charge < -0.3 is 14.6 Å². The minimum absolute atomic E-state index is 0.346. The highest BCUT2D eigenvalue weighted by atomic mass is 16.4. The third-order valence-electron chi connectivity index (χ3n) is 5.32. The van der Waals surface area contributed by atoms with Crippen LogP contribution in [0, 0.1) is 11.3 Å². The van der Waals surface area contributed by atoms with E-state index in [0.717, 1.165) is 18.7 Å². The third-order valence-corrected chi connectivity index (χ3v) is 5.32. The molecule has 27 heavy (non-hydrogen) atoms. The summed E-state index contributed by atoms with van der Waals surface area (Å²) in [5.41, 5.74) is 1.50. The van der Waals surface area contributed by atoms with Gasteiger partial charge in [-0.15, -0.1) is 0 Å². The molecule has 1 fully saturated rings. The van der Waals surface area contributed by atoms with Crippen LogP contribution in [0.4, 0.5) is 5.88 Å². The summed E-state index contributed by atoms with van der Waals surface area (Å²) in [7, 11) is 0. The van der Waals surface area contributed by atoms with Crippen molar-refractivity contribution in [3.8, 4) is 6.07 Å². The number of rotatable bonds is 6. The highest BCUT2D eigenvalue weighted by molar-refractivity contribution is 5.85. The summed E-state index contributed by atoms with van der Waals surface area (Å²) in [6, 6.07) is 16.7. The van der Waals surface area contributed by atoms with Crippen molar-refractivity contribution < 1.29 is 9.32 Å². The van der Waals surface area contributed by atoms with Gasteiger partial charge in [-0.3, -0.25) is 0 Å². The van der Waals surface area contributed by atoms with Crippen molar-refractivity contribution in [3.05, 3.63) is 59.6 Å². The van der Waals surface area contributed by atoms with Crippen molar-refractivity contribution in [1.82, 2.24) is 4.98 Å². The number of aromatic nitrogens is 1. The molecule has 1 saturated heterocycles. The van der Waals surface area contributed by atoms with Gasteiger partial charge >= 0.3 is 0 Å². The lowest BCUT2D eigenvalue weighted by Crippen LogP contribution is -3.13. The van der Waals surface area contributed by atoms with E-state index in [-0.39, 0.29) is 0 Å². The summed E-state index contributed by atoms with van der Waals surface area (Å²) < 4.78 is 5.89. The van der Waals surface area contributed by atoms with E-state index < -0.39 is 0 Å². The normalized spacial score (nSPS) is 14.9. The van der Waals surface area contributed by atoms with E-state index in [4.69, 9.17) is 4.42 Å². The summed E-state index contributed by atoms with van der Waals surface area (Å²) in [5, 5.41) is 15.1. The summed E-state index contributed by atoms with van der Waals surface area (Å²) in [5.74, 6) is 1.08. The Morgan fingerprint density at radius 2 is 1.89 bits per heavy atom. The van der Waals surface area contributed by atoms with E-state index in [1.54, 1.807) is 4.90 Å². The Morgan fingerprint density at radius 1 is 1.07 bits per heavy atom. The molecule has 2 heterocycles. The van der Waals surface area contributed by atoms with E-state index in [2.05, 4.69) is 40.6 Å². The van der Waals surface area contributed by atoms with Gasteiger partial charge in [0.2, 0.25) is 17.5 Å². The molecular formula is C22H25N4O+. The maximum Gasteiger partial charge on any atom is 0.232 e. The number of nitrogens with one attached hydrogen (secondary N) is 2. The Hall–Kier alpha value is -2.84. The van der Waals surface area contributed by atoms with Gasteiger partial charge in [-0.1, -0.05) is 42.5 Å². The van der Waals surface area contributed by atoms with Crippen LogP contribution >= 0.6 is 0 Å². The number of quaternary nitrogens is 1. The molecule has 2 N–H and O–H groups in total. The van der Waals surface area contributed by atoms with Gasteiger partial charge in [-0.25, -0.2) is 4.98 Å². The molecule has 1 aliphatic heterocycles. The number of piperidine rings is 1. The molecule has 0 spiro atoms. The van der Waals surface area contributed by atoms with Gasteiger partial charge in [0, 0.05) is 0 Å². The summed E-state index contributed by atoms with van der Waals surface area (Å²) in [4.78, 5) is 6.03. The maximum atomic E-state index is 9.40. The second-order valence-corrected chi connectivity index (χ2v) is 7.20. The molecule has 138 valence electrons. The standard InChI is InChI=1S/C22H24N4O/c23-16-20-22(24-11-14-26-12-4-1-5-13-26)27-21(25-20)15-18-9-6-8-17-7-2-3-10-19(17)18/h2-3,6-10,24H,1,4-5,11-15H2/p+1. The molecule has 1 aliphatic rings.